The average molecular weight is 275 g/mol. The topological polar surface area (TPSA) is 50.4 Å². The Balaban J connectivity index is 2.71. The molecule has 0 atom stereocenters. The standard InChI is InChI=1S/C10H15BrN2O2/c1-10(2)9(14)13-6-7(15-10)4-5-8(11)12-3/h4-5,12H,6H2,1-3H3,(H,13,14)/b7-4+,8-5-. The molecule has 84 valence electrons. The van der Waals surface area contributed by atoms with E-state index in [0.29, 0.717) is 6.54 Å². The van der Waals surface area contributed by atoms with Crippen LogP contribution in [-0.4, -0.2) is 25.1 Å². The van der Waals surface area contributed by atoms with Crippen LogP contribution in [0, 0.1) is 0 Å². The molecule has 2 N–H and O–H groups in total. The zero-order valence-electron chi connectivity index (χ0n) is 9.06. The molecule has 0 aromatic heterocycles. The fraction of sp³-hybridized carbons (Fsp3) is 0.500. The van der Waals surface area contributed by atoms with Crippen LogP contribution in [0.3, 0.4) is 0 Å². The molecule has 0 aromatic carbocycles. The number of hydrogen-bond acceptors (Lipinski definition) is 3. The van der Waals surface area contributed by atoms with Crippen LogP contribution in [0.5, 0.6) is 0 Å². The van der Waals surface area contributed by atoms with Gasteiger partial charge in [0.05, 0.1) is 11.2 Å². The van der Waals surface area contributed by atoms with Gasteiger partial charge < -0.3 is 15.4 Å². The van der Waals surface area contributed by atoms with Gasteiger partial charge in [-0.3, -0.25) is 4.79 Å². The van der Waals surface area contributed by atoms with Gasteiger partial charge in [0.2, 0.25) is 0 Å². The fourth-order valence-corrected chi connectivity index (χ4v) is 1.26. The zero-order chi connectivity index (χ0) is 11.5. The second kappa shape index (κ2) is 4.70. The fourth-order valence-electron chi connectivity index (χ4n) is 1.13. The van der Waals surface area contributed by atoms with E-state index >= 15 is 0 Å². The Bertz CT molecular complexity index is 321. The van der Waals surface area contributed by atoms with Crippen LogP contribution < -0.4 is 10.6 Å². The van der Waals surface area contributed by atoms with Crippen LogP contribution in [-0.2, 0) is 9.53 Å². The first-order chi connectivity index (χ1) is 6.95. The van der Waals surface area contributed by atoms with Crippen LogP contribution in [0.15, 0.2) is 22.5 Å². The molecule has 0 bridgehead atoms. The number of hydrogen-bond donors (Lipinski definition) is 2. The van der Waals surface area contributed by atoms with Gasteiger partial charge in [0.15, 0.2) is 5.60 Å². The minimum Gasteiger partial charge on any atom is -0.481 e. The molecule has 1 fully saturated rings. The second-order valence-corrected chi connectivity index (χ2v) is 4.55. The molecule has 1 heterocycles. The lowest BCUT2D eigenvalue weighted by molar-refractivity contribution is -0.142. The van der Waals surface area contributed by atoms with Gasteiger partial charge >= 0.3 is 0 Å². The van der Waals surface area contributed by atoms with Crippen molar-refractivity contribution in [2.45, 2.75) is 19.4 Å². The van der Waals surface area contributed by atoms with Gasteiger partial charge in [0, 0.05) is 7.05 Å². The number of carbonyl (C=O) groups is 1. The SMILES string of the molecule is CN/C(Br)=C\C=C1/CNC(=O)C(C)(C)O1. The van der Waals surface area contributed by atoms with Crippen LogP contribution in [0.4, 0.5) is 0 Å². The molecule has 0 unspecified atom stereocenters. The molecular formula is C10H15BrN2O2. The lowest BCUT2D eigenvalue weighted by atomic mass is 10.1. The largest absolute Gasteiger partial charge is 0.481 e. The molecule has 0 saturated carbocycles. The van der Waals surface area contributed by atoms with E-state index in [0.717, 1.165) is 10.4 Å². The van der Waals surface area contributed by atoms with Gasteiger partial charge in [-0.2, -0.15) is 0 Å². The van der Waals surface area contributed by atoms with E-state index < -0.39 is 5.60 Å². The third-order valence-corrected chi connectivity index (χ3v) is 2.67. The Morgan fingerprint density at radius 1 is 1.67 bits per heavy atom. The summed E-state index contributed by atoms with van der Waals surface area (Å²) in [6.07, 6.45) is 3.66. The minimum atomic E-state index is -0.788. The quantitative estimate of drug-likeness (QED) is 0.746. The Labute approximate surface area is 97.9 Å². The van der Waals surface area contributed by atoms with Crippen molar-refractivity contribution in [2.75, 3.05) is 13.6 Å². The maximum atomic E-state index is 11.4. The summed E-state index contributed by atoms with van der Waals surface area (Å²) in [7, 11) is 1.81. The number of allylic oxidation sites excluding steroid dienone is 2. The predicted octanol–water partition coefficient (Wildman–Crippen LogP) is 1.25. The summed E-state index contributed by atoms with van der Waals surface area (Å²) in [6.45, 7) is 3.92. The maximum Gasteiger partial charge on any atom is 0.263 e. The summed E-state index contributed by atoms with van der Waals surface area (Å²) in [6, 6.07) is 0. The molecule has 1 rings (SSSR count). The van der Waals surface area contributed by atoms with Crippen molar-refractivity contribution in [3.63, 3.8) is 0 Å². The summed E-state index contributed by atoms with van der Waals surface area (Å²) in [5.41, 5.74) is -0.788. The highest BCUT2D eigenvalue weighted by atomic mass is 79.9. The molecule has 5 heteroatoms. The molecule has 0 radical (unpaired) electrons. The number of carbonyl (C=O) groups excluding carboxylic acids is 1. The van der Waals surface area contributed by atoms with E-state index in [1.54, 1.807) is 13.8 Å². The highest BCUT2D eigenvalue weighted by Gasteiger charge is 2.34. The number of halogens is 1. The highest BCUT2D eigenvalue weighted by molar-refractivity contribution is 9.11. The Hall–Kier alpha value is -0.970. The Kier molecular flexibility index (Phi) is 3.79. The normalized spacial score (nSPS) is 23.3. The third kappa shape index (κ3) is 3.27. The van der Waals surface area contributed by atoms with Crippen LogP contribution in [0.25, 0.3) is 0 Å². The molecule has 1 amide bonds. The number of morpholine rings is 1. The van der Waals surface area contributed by atoms with Gasteiger partial charge in [0.25, 0.3) is 5.91 Å². The van der Waals surface area contributed by atoms with Crippen molar-refractivity contribution >= 4 is 21.8 Å². The van der Waals surface area contributed by atoms with Crippen LogP contribution >= 0.6 is 15.9 Å². The molecule has 0 aromatic rings. The molecule has 0 spiro atoms. The van der Waals surface area contributed by atoms with E-state index in [1.807, 2.05) is 19.2 Å². The third-order valence-electron chi connectivity index (χ3n) is 2.01. The molecule has 1 saturated heterocycles. The molecule has 1 aliphatic rings. The summed E-state index contributed by atoms with van der Waals surface area (Å²) in [5.74, 6) is 0.656. The first-order valence-corrected chi connectivity index (χ1v) is 5.46. The number of nitrogens with one attached hydrogen (secondary N) is 2. The first-order valence-electron chi connectivity index (χ1n) is 4.67. The first kappa shape index (κ1) is 12.1. The van der Waals surface area contributed by atoms with Crippen molar-refractivity contribution in [1.29, 1.82) is 0 Å². The van der Waals surface area contributed by atoms with E-state index in [2.05, 4.69) is 26.6 Å². The molecular weight excluding hydrogens is 260 g/mol. The van der Waals surface area contributed by atoms with E-state index in [-0.39, 0.29) is 5.91 Å². The highest BCUT2D eigenvalue weighted by Crippen LogP contribution is 2.19. The minimum absolute atomic E-state index is 0.0867. The monoisotopic (exact) mass is 274 g/mol. The molecule has 15 heavy (non-hydrogen) atoms. The predicted molar refractivity (Wildman–Crippen MR) is 62.3 cm³/mol. The zero-order valence-corrected chi connectivity index (χ0v) is 10.6. The second-order valence-electron chi connectivity index (χ2n) is 3.69. The van der Waals surface area contributed by atoms with Crippen molar-refractivity contribution < 1.29 is 9.53 Å². The van der Waals surface area contributed by atoms with Gasteiger partial charge in [-0.05, 0) is 41.9 Å². The molecule has 1 aliphatic heterocycles. The van der Waals surface area contributed by atoms with Gasteiger partial charge in [-0.25, -0.2) is 0 Å². The maximum absolute atomic E-state index is 11.4. The number of amides is 1. The lowest BCUT2D eigenvalue weighted by Gasteiger charge is -2.31. The van der Waals surface area contributed by atoms with Crippen molar-refractivity contribution in [1.82, 2.24) is 10.6 Å². The van der Waals surface area contributed by atoms with E-state index in [4.69, 9.17) is 4.74 Å². The summed E-state index contributed by atoms with van der Waals surface area (Å²) in [4.78, 5) is 11.4. The van der Waals surface area contributed by atoms with Gasteiger partial charge in [-0.15, -0.1) is 0 Å². The van der Waals surface area contributed by atoms with Crippen molar-refractivity contribution in [3.8, 4) is 0 Å². The smallest absolute Gasteiger partial charge is 0.263 e. The molecule has 0 aliphatic carbocycles. The average Bonchev–Trinajstić information content (AvgIpc) is 2.19. The van der Waals surface area contributed by atoms with Gasteiger partial charge in [-0.1, -0.05) is 0 Å². The lowest BCUT2D eigenvalue weighted by Crippen LogP contribution is -2.49. The number of ether oxygens (including phenoxy) is 1. The molecule has 4 nitrogen and oxygen atoms in total. The van der Waals surface area contributed by atoms with Crippen LogP contribution in [0.1, 0.15) is 13.8 Å². The van der Waals surface area contributed by atoms with Crippen molar-refractivity contribution in [2.24, 2.45) is 0 Å². The van der Waals surface area contributed by atoms with Gasteiger partial charge in [0.1, 0.15) is 5.76 Å². The summed E-state index contributed by atoms with van der Waals surface area (Å²) < 4.78 is 6.39. The summed E-state index contributed by atoms with van der Waals surface area (Å²) >= 11 is 3.31. The van der Waals surface area contributed by atoms with Crippen molar-refractivity contribution in [3.05, 3.63) is 22.5 Å². The van der Waals surface area contributed by atoms with Crippen LogP contribution in [0.2, 0.25) is 0 Å². The summed E-state index contributed by atoms with van der Waals surface area (Å²) in [5, 5.41) is 5.69. The number of rotatable bonds is 2. The van der Waals surface area contributed by atoms with E-state index in [9.17, 15) is 4.79 Å². The Morgan fingerprint density at radius 2 is 2.33 bits per heavy atom. The Morgan fingerprint density at radius 3 is 2.87 bits per heavy atom. The van der Waals surface area contributed by atoms with E-state index in [1.165, 1.54) is 0 Å².